The number of hydrogen-bond acceptors (Lipinski definition) is 2. The van der Waals surface area contributed by atoms with E-state index in [0.717, 1.165) is 13.0 Å². The van der Waals surface area contributed by atoms with Gasteiger partial charge in [-0.15, -0.1) is 0 Å². The van der Waals surface area contributed by atoms with Gasteiger partial charge in [-0.3, -0.25) is 4.90 Å². The molecule has 10 heavy (non-hydrogen) atoms. The first-order chi connectivity index (χ1) is 4.74. The number of hydrogen-bond donors (Lipinski definition) is 1. The summed E-state index contributed by atoms with van der Waals surface area (Å²) in [6.45, 7) is 2.83. The molecule has 0 amide bonds. The van der Waals surface area contributed by atoms with E-state index in [4.69, 9.17) is 0 Å². The number of likely N-dealkylation sites (tertiary alicyclic amines) is 1. The van der Waals surface area contributed by atoms with E-state index in [-0.39, 0.29) is 6.10 Å². The number of aliphatic hydroxyl groups is 1. The summed E-state index contributed by atoms with van der Waals surface area (Å²) in [5, 5.41) is 9.22. The molecule has 1 rings (SSSR count). The van der Waals surface area contributed by atoms with E-state index in [1.807, 2.05) is 20.0 Å². The molecular weight excluding hydrogens is 126 g/mol. The van der Waals surface area contributed by atoms with Crippen LogP contribution in [0.3, 0.4) is 0 Å². The van der Waals surface area contributed by atoms with Crippen LogP contribution >= 0.6 is 0 Å². The fraction of sp³-hybridized carbons (Fsp3) is 0.750. The molecule has 2 heteroatoms. The molecule has 0 spiro atoms. The first-order valence-electron chi connectivity index (χ1n) is 3.75. The van der Waals surface area contributed by atoms with Crippen molar-refractivity contribution in [2.24, 2.45) is 0 Å². The molecule has 2 atom stereocenters. The summed E-state index contributed by atoms with van der Waals surface area (Å²) < 4.78 is 0. The standard InChI is InChI=1S/C8H15NO/c1-3-4-7-5-8(10)6-9(7)2/h3-4,7-8,10H,5-6H2,1-2H3. The third-order valence-electron chi connectivity index (χ3n) is 1.99. The Morgan fingerprint density at radius 3 is 2.70 bits per heavy atom. The predicted molar refractivity (Wildman–Crippen MR) is 41.9 cm³/mol. The highest BCUT2D eigenvalue weighted by molar-refractivity contribution is 4.97. The maximum atomic E-state index is 9.22. The summed E-state index contributed by atoms with van der Waals surface area (Å²) in [6.07, 6.45) is 4.95. The number of rotatable bonds is 1. The van der Waals surface area contributed by atoms with E-state index < -0.39 is 0 Å². The van der Waals surface area contributed by atoms with E-state index in [2.05, 4.69) is 11.0 Å². The molecule has 2 unspecified atom stereocenters. The number of allylic oxidation sites excluding steroid dienone is 1. The van der Waals surface area contributed by atoms with E-state index >= 15 is 0 Å². The predicted octanol–water partition coefficient (Wildman–Crippen LogP) is 0.627. The number of nitrogens with zero attached hydrogens (tertiary/aromatic N) is 1. The van der Waals surface area contributed by atoms with E-state index in [0.29, 0.717) is 6.04 Å². The lowest BCUT2D eigenvalue weighted by molar-refractivity contribution is 0.182. The van der Waals surface area contributed by atoms with Gasteiger partial charge in [0.15, 0.2) is 0 Å². The van der Waals surface area contributed by atoms with Crippen LogP contribution in [-0.4, -0.2) is 35.7 Å². The van der Waals surface area contributed by atoms with Gasteiger partial charge in [-0.25, -0.2) is 0 Å². The largest absolute Gasteiger partial charge is 0.392 e. The fourth-order valence-electron chi connectivity index (χ4n) is 1.45. The second-order valence-electron chi connectivity index (χ2n) is 2.92. The van der Waals surface area contributed by atoms with Gasteiger partial charge < -0.3 is 5.11 Å². The summed E-state index contributed by atoms with van der Waals surface area (Å²) in [6, 6.07) is 0.458. The van der Waals surface area contributed by atoms with Crippen molar-refractivity contribution in [1.29, 1.82) is 0 Å². The highest BCUT2D eigenvalue weighted by Gasteiger charge is 2.25. The molecule has 0 saturated carbocycles. The minimum atomic E-state index is -0.119. The molecule has 0 aromatic rings. The van der Waals surface area contributed by atoms with Gasteiger partial charge >= 0.3 is 0 Å². The molecule has 0 aromatic carbocycles. The van der Waals surface area contributed by atoms with E-state index in [1.54, 1.807) is 0 Å². The Kier molecular flexibility index (Phi) is 2.46. The Bertz CT molecular complexity index is 133. The lowest BCUT2D eigenvalue weighted by Gasteiger charge is -2.13. The van der Waals surface area contributed by atoms with Crippen molar-refractivity contribution < 1.29 is 5.11 Å². The first-order valence-corrected chi connectivity index (χ1v) is 3.75. The van der Waals surface area contributed by atoms with Gasteiger partial charge in [0.1, 0.15) is 0 Å². The molecular formula is C8H15NO. The monoisotopic (exact) mass is 141 g/mol. The molecule has 0 aliphatic carbocycles. The van der Waals surface area contributed by atoms with Crippen LogP contribution in [0.4, 0.5) is 0 Å². The van der Waals surface area contributed by atoms with Crippen LogP contribution in [0, 0.1) is 0 Å². The molecule has 0 aromatic heterocycles. The van der Waals surface area contributed by atoms with Crippen LogP contribution in [0.25, 0.3) is 0 Å². The normalized spacial score (nSPS) is 35.9. The summed E-state index contributed by atoms with van der Waals surface area (Å²) in [5.41, 5.74) is 0. The van der Waals surface area contributed by atoms with Gasteiger partial charge in [0, 0.05) is 12.6 Å². The van der Waals surface area contributed by atoms with Crippen LogP contribution in [0.15, 0.2) is 12.2 Å². The van der Waals surface area contributed by atoms with Crippen LogP contribution in [-0.2, 0) is 0 Å². The van der Waals surface area contributed by atoms with Crippen molar-refractivity contribution in [3.05, 3.63) is 12.2 Å². The zero-order valence-electron chi connectivity index (χ0n) is 6.62. The Hall–Kier alpha value is -0.340. The third kappa shape index (κ3) is 1.58. The van der Waals surface area contributed by atoms with Crippen LogP contribution in [0.5, 0.6) is 0 Å². The van der Waals surface area contributed by atoms with Gasteiger partial charge in [0.05, 0.1) is 6.10 Å². The maximum absolute atomic E-state index is 9.22. The zero-order valence-corrected chi connectivity index (χ0v) is 6.62. The van der Waals surface area contributed by atoms with Crippen molar-refractivity contribution in [2.75, 3.05) is 13.6 Å². The number of likely N-dealkylation sites (N-methyl/N-ethyl adjacent to an activating group) is 1. The number of aliphatic hydroxyl groups excluding tert-OH is 1. The van der Waals surface area contributed by atoms with Crippen molar-refractivity contribution in [1.82, 2.24) is 4.90 Å². The molecule has 0 bridgehead atoms. The average Bonchev–Trinajstić information content (AvgIpc) is 2.13. The first kappa shape index (κ1) is 7.76. The zero-order chi connectivity index (χ0) is 7.56. The van der Waals surface area contributed by atoms with E-state index in [9.17, 15) is 5.11 Å². The summed E-state index contributed by atoms with van der Waals surface area (Å²) in [7, 11) is 2.04. The Morgan fingerprint density at radius 1 is 1.60 bits per heavy atom. The lowest BCUT2D eigenvalue weighted by Crippen LogP contribution is -2.23. The molecule has 1 saturated heterocycles. The molecule has 1 aliphatic heterocycles. The second-order valence-corrected chi connectivity index (χ2v) is 2.92. The highest BCUT2D eigenvalue weighted by atomic mass is 16.3. The topological polar surface area (TPSA) is 23.5 Å². The minimum Gasteiger partial charge on any atom is -0.392 e. The van der Waals surface area contributed by atoms with Gasteiger partial charge in [0.2, 0.25) is 0 Å². The minimum absolute atomic E-state index is 0.119. The van der Waals surface area contributed by atoms with Gasteiger partial charge in [-0.05, 0) is 20.4 Å². The SMILES string of the molecule is CC=CC1CC(O)CN1C. The molecule has 1 N–H and O–H groups in total. The summed E-state index contributed by atoms with van der Waals surface area (Å²) in [5.74, 6) is 0. The smallest absolute Gasteiger partial charge is 0.0685 e. The van der Waals surface area contributed by atoms with E-state index in [1.165, 1.54) is 0 Å². The third-order valence-corrected chi connectivity index (χ3v) is 1.99. The Morgan fingerprint density at radius 2 is 2.30 bits per heavy atom. The molecule has 0 radical (unpaired) electrons. The van der Waals surface area contributed by atoms with Gasteiger partial charge in [-0.1, -0.05) is 12.2 Å². The second kappa shape index (κ2) is 3.17. The fourth-order valence-corrected chi connectivity index (χ4v) is 1.45. The molecule has 1 fully saturated rings. The summed E-state index contributed by atoms with van der Waals surface area (Å²) >= 11 is 0. The van der Waals surface area contributed by atoms with Gasteiger partial charge in [0.25, 0.3) is 0 Å². The van der Waals surface area contributed by atoms with Gasteiger partial charge in [-0.2, -0.15) is 0 Å². The van der Waals surface area contributed by atoms with Crippen molar-refractivity contribution in [3.8, 4) is 0 Å². The van der Waals surface area contributed by atoms with Crippen LogP contribution in [0.1, 0.15) is 13.3 Å². The molecule has 2 nitrogen and oxygen atoms in total. The Balaban J connectivity index is 2.46. The maximum Gasteiger partial charge on any atom is 0.0685 e. The van der Waals surface area contributed by atoms with Crippen molar-refractivity contribution in [2.45, 2.75) is 25.5 Å². The van der Waals surface area contributed by atoms with Crippen LogP contribution < -0.4 is 0 Å². The number of β-amino-alcohol motifs (C(OH)–C–C–N with tert-alkyl or cyclic N) is 1. The lowest BCUT2D eigenvalue weighted by atomic mass is 10.2. The van der Waals surface area contributed by atoms with Crippen molar-refractivity contribution in [3.63, 3.8) is 0 Å². The Labute approximate surface area is 62.2 Å². The van der Waals surface area contributed by atoms with Crippen molar-refractivity contribution >= 4 is 0 Å². The molecule has 1 heterocycles. The molecule has 58 valence electrons. The summed E-state index contributed by atoms with van der Waals surface area (Å²) in [4.78, 5) is 2.17. The molecule has 1 aliphatic rings. The highest BCUT2D eigenvalue weighted by Crippen LogP contribution is 2.15. The average molecular weight is 141 g/mol. The quantitative estimate of drug-likeness (QED) is 0.541. The van der Waals surface area contributed by atoms with Crippen LogP contribution in [0.2, 0.25) is 0 Å².